The van der Waals surface area contributed by atoms with Gasteiger partial charge >= 0.3 is 0 Å². The summed E-state index contributed by atoms with van der Waals surface area (Å²) in [6.07, 6.45) is 1.93. The number of carbonyl (C=O) groups is 1. The summed E-state index contributed by atoms with van der Waals surface area (Å²) in [4.78, 5) is 19.9. The van der Waals surface area contributed by atoms with E-state index in [1.165, 1.54) is 0 Å². The standard InChI is InChI=1S/C22H20N4O/c1-13-14(2)25-21(24-13)18-7-5-4-6-17(18)19-11-10-15-8-9-16(22(27)23-3)12-20(15)26-19/h4-10,12,26H,1-3H3,(H,23,27)(H,24,25). The van der Waals surface area contributed by atoms with E-state index in [1.807, 2.05) is 62.4 Å². The van der Waals surface area contributed by atoms with Gasteiger partial charge in [-0.15, -0.1) is 0 Å². The van der Waals surface area contributed by atoms with Gasteiger partial charge in [0.05, 0.1) is 11.4 Å². The maximum atomic E-state index is 11.9. The van der Waals surface area contributed by atoms with Crippen LogP contribution < -0.4 is 10.6 Å². The number of nitrogens with one attached hydrogen (secondary N) is 3. The van der Waals surface area contributed by atoms with E-state index in [0.717, 1.165) is 45.3 Å². The van der Waals surface area contributed by atoms with Gasteiger partial charge in [-0.1, -0.05) is 36.1 Å². The van der Waals surface area contributed by atoms with E-state index >= 15 is 0 Å². The van der Waals surface area contributed by atoms with Crippen LogP contribution in [0.1, 0.15) is 32.9 Å². The molecule has 5 nitrogen and oxygen atoms in total. The monoisotopic (exact) mass is 356 g/mol. The molecule has 2 heterocycles. The molecule has 0 bridgehead atoms. The Kier molecular flexibility index (Phi) is 4.15. The highest BCUT2D eigenvalue weighted by molar-refractivity contribution is 5.98. The number of aryl methyl sites for hydroxylation is 2. The Hall–Kier alpha value is -3.56. The predicted octanol–water partition coefficient (Wildman–Crippen LogP) is 4.13. The van der Waals surface area contributed by atoms with E-state index in [0.29, 0.717) is 5.56 Å². The van der Waals surface area contributed by atoms with Crippen LogP contribution in [0.15, 0.2) is 48.2 Å². The normalized spacial score (nSPS) is 12.2. The fourth-order valence-corrected chi connectivity index (χ4v) is 3.12. The average molecular weight is 356 g/mol. The molecule has 4 rings (SSSR count). The zero-order chi connectivity index (χ0) is 19.0. The molecule has 1 aliphatic rings. The van der Waals surface area contributed by atoms with Crippen LogP contribution in [0.4, 0.5) is 5.69 Å². The van der Waals surface area contributed by atoms with Crippen LogP contribution in [-0.2, 0) is 0 Å². The van der Waals surface area contributed by atoms with Crippen molar-refractivity contribution in [1.29, 1.82) is 0 Å². The minimum atomic E-state index is -0.110. The summed E-state index contributed by atoms with van der Waals surface area (Å²) in [7, 11) is 1.63. The summed E-state index contributed by atoms with van der Waals surface area (Å²) in [5.41, 5.74) is 10.7. The van der Waals surface area contributed by atoms with E-state index < -0.39 is 0 Å². The second kappa shape index (κ2) is 6.63. The van der Waals surface area contributed by atoms with Gasteiger partial charge in [0.15, 0.2) is 0 Å². The largest absolute Gasteiger partial charge is 0.355 e. The number of imidazole rings is 1. The van der Waals surface area contributed by atoms with E-state index in [2.05, 4.69) is 26.3 Å². The van der Waals surface area contributed by atoms with Gasteiger partial charge in [0.2, 0.25) is 0 Å². The summed E-state index contributed by atoms with van der Waals surface area (Å²) >= 11 is 0. The van der Waals surface area contributed by atoms with Gasteiger partial charge in [0.1, 0.15) is 5.82 Å². The first-order chi connectivity index (χ1) is 13.1. The van der Waals surface area contributed by atoms with Gasteiger partial charge in [0, 0.05) is 40.7 Å². The lowest BCUT2D eigenvalue weighted by Crippen LogP contribution is -2.18. The molecule has 0 fully saturated rings. The molecule has 0 saturated carbocycles. The molecule has 27 heavy (non-hydrogen) atoms. The minimum Gasteiger partial charge on any atom is -0.355 e. The maximum Gasteiger partial charge on any atom is 0.251 e. The third kappa shape index (κ3) is 3.05. The molecule has 0 atom stereocenters. The molecule has 0 saturated heterocycles. The van der Waals surface area contributed by atoms with E-state index in [9.17, 15) is 4.79 Å². The first-order valence-corrected chi connectivity index (χ1v) is 8.79. The van der Waals surface area contributed by atoms with Gasteiger partial charge in [-0.05, 0) is 32.1 Å². The lowest BCUT2D eigenvalue weighted by Gasteiger charge is -2.18. The minimum absolute atomic E-state index is 0.110. The Balaban J connectivity index is 1.77. The summed E-state index contributed by atoms with van der Waals surface area (Å²) in [6.45, 7) is 4.01. The lowest BCUT2D eigenvalue weighted by atomic mass is 10.00. The van der Waals surface area contributed by atoms with Crippen molar-refractivity contribution in [2.24, 2.45) is 0 Å². The van der Waals surface area contributed by atoms with Crippen LogP contribution in [0.3, 0.4) is 0 Å². The van der Waals surface area contributed by atoms with Crippen molar-refractivity contribution in [3.8, 4) is 11.4 Å². The van der Waals surface area contributed by atoms with Crippen LogP contribution in [0.25, 0.3) is 23.2 Å². The number of aromatic nitrogens is 2. The highest BCUT2D eigenvalue weighted by Gasteiger charge is 2.16. The van der Waals surface area contributed by atoms with Gasteiger partial charge in [-0.3, -0.25) is 4.79 Å². The van der Waals surface area contributed by atoms with Crippen LogP contribution >= 0.6 is 0 Å². The molecule has 0 spiro atoms. The maximum absolute atomic E-state index is 11.9. The predicted molar refractivity (Wildman–Crippen MR) is 108 cm³/mol. The fourth-order valence-electron chi connectivity index (χ4n) is 3.12. The number of benzene rings is 2. The fraction of sp³-hybridized carbons (Fsp3) is 0.136. The number of hydrogen-bond acceptors (Lipinski definition) is 3. The van der Waals surface area contributed by atoms with Crippen molar-refractivity contribution in [3.63, 3.8) is 0 Å². The number of hydrogen-bond donors (Lipinski definition) is 3. The summed E-state index contributed by atoms with van der Waals surface area (Å²) in [5.74, 6) is 0.725. The molecule has 2 aromatic carbocycles. The first-order valence-electron chi connectivity index (χ1n) is 8.79. The zero-order valence-electron chi connectivity index (χ0n) is 15.5. The van der Waals surface area contributed by atoms with E-state index in [-0.39, 0.29) is 5.91 Å². The van der Waals surface area contributed by atoms with Gasteiger partial charge in [-0.25, -0.2) is 4.98 Å². The molecule has 3 N–H and O–H groups in total. The number of fused-ring (bicyclic) bond motifs is 1. The molecule has 0 radical (unpaired) electrons. The van der Waals surface area contributed by atoms with Crippen molar-refractivity contribution >= 4 is 23.4 Å². The molecule has 1 aliphatic heterocycles. The summed E-state index contributed by atoms with van der Waals surface area (Å²) in [6, 6.07) is 13.7. The molecule has 5 heteroatoms. The Morgan fingerprint density at radius 2 is 1.89 bits per heavy atom. The Labute approximate surface area is 157 Å². The summed E-state index contributed by atoms with van der Waals surface area (Å²) in [5, 5.41) is 6.07. The molecular formula is C22H20N4O. The molecule has 1 amide bonds. The van der Waals surface area contributed by atoms with Gasteiger partial charge < -0.3 is 15.6 Å². The van der Waals surface area contributed by atoms with Crippen LogP contribution in [0, 0.1) is 13.8 Å². The average Bonchev–Trinajstić information content (AvgIpc) is 3.05. The first kappa shape index (κ1) is 16.9. The highest BCUT2D eigenvalue weighted by Crippen LogP contribution is 2.32. The number of nitrogens with zero attached hydrogens (tertiary/aromatic N) is 1. The number of H-pyrrole nitrogens is 1. The highest BCUT2D eigenvalue weighted by atomic mass is 16.1. The molecule has 1 aromatic heterocycles. The molecule has 3 aromatic rings. The molecule has 0 aliphatic carbocycles. The topological polar surface area (TPSA) is 69.8 Å². The van der Waals surface area contributed by atoms with Gasteiger partial charge in [-0.2, -0.15) is 0 Å². The van der Waals surface area contributed by atoms with Crippen LogP contribution in [-0.4, -0.2) is 22.9 Å². The van der Waals surface area contributed by atoms with Crippen molar-refractivity contribution in [1.82, 2.24) is 15.3 Å². The molecular weight excluding hydrogens is 336 g/mol. The smallest absolute Gasteiger partial charge is 0.251 e. The number of amides is 1. The van der Waals surface area contributed by atoms with Crippen LogP contribution in [0.2, 0.25) is 0 Å². The SMILES string of the molecule is CNC(=O)c1ccc2c(c1)NC(c1ccccc1-c1nc(C)c(C)[nH]1)=C=C2. The Bertz CT molecular complexity index is 1100. The zero-order valence-corrected chi connectivity index (χ0v) is 15.5. The van der Waals surface area contributed by atoms with E-state index in [4.69, 9.17) is 0 Å². The summed E-state index contributed by atoms with van der Waals surface area (Å²) < 4.78 is 0. The lowest BCUT2D eigenvalue weighted by molar-refractivity contribution is 0.0963. The second-order valence-corrected chi connectivity index (χ2v) is 6.51. The number of rotatable bonds is 3. The third-order valence-electron chi connectivity index (χ3n) is 4.75. The van der Waals surface area contributed by atoms with Crippen molar-refractivity contribution in [2.45, 2.75) is 13.8 Å². The Morgan fingerprint density at radius 1 is 1.11 bits per heavy atom. The molecule has 134 valence electrons. The number of anilines is 1. The van der Waals surface area contributed by atoms with Crippen molar-refractivity contribution in [2.75, 3.05) is 12.4 Å². The van der Waals surface area contributed by atoms with Crippen molar-refractivity contribution in [3.05, 3.63) is 76.3 Å². The van der Waals surface area contributed by atoms with Crippen molar-refractivity contribution < 1.29 is 4.79 Å². The van der Waals surface area contributed by atoms with Crippen LogP contribution in [0.5, 0.6) is 0 Å². The quantitative estimate of drug-likeness (QED) is 0.618. The van der Waals surface area contributed by atoms with Gasteiger partial charge in [0.25, 0.3) is 5.91 Å². The molecule has 0 unspecified atom stereocenters. The Morgan fingerprint density at radius 3 is 2.59 bits per heavy atom. The van der Waals surface area contributed by atoms with E-state index in [1.54, 1.807) is 7.05 Å². The number of carbonyl (C=O) groups excluding carboxylic acids is 1. The second-order valence-electron chi connectivity index (χ2n) is 6.51. The third-order valence-corrected chi connectivity index (χ3v) is 4.75. The number of aromatic amines is 1.